The molecule has 0 amide bonds. The van der Waals surface area contributed by atoms with Gasteiger partial charge in [0.15, 0.2) is 0 Å². The molecule has 1 fully saturated rings. The second kappa shape index (κ2) is 7.58. The van der Waals surface area contributed by atoms with Gasteiger partial charge in [0.05, 0.1) is 67.0 Å². The van der Waals surface area contributed by atoms with E-state index in [4.69, 9.17) is 10.1 Å². The number of nitrogens with zero attached hydrogens (tertiary/aromatic N) is 7. The predicted molar refractivity (Wildman–Crippen MR) is 115 cm³/mol. The first-order valence-electron chi connectivity index (χ1n) is 10.7. The van der Waals surface area contributed by atoms with Crippen LogP contribution in [-0.4, -0.2) is 57.1 Å². The summed E-state index contributed by atoms with van der Waals surface area (Å²) in [5, 5.41) is 32.1. The fourth-order valence-corrected chi connectivity index (χ4v) is 4.58. The van der Waals surface area contributed by atoms with Crippen LogP contribution in [0.2, 0.25) is 0 Å². The van der Waals surface area contributed by atoms with Gasteiger partial charge in [0.25, 0.3) is 0 Å². The molecule has 5 rings (SSSR count). The lowest BCUT2D eigenvalue weighted by molar-refractivity contribution is 0.0783. The Hall–Kier alpha value is -3.04. The number of aliphatic hydroxyl groups excluding tert-OH is 2. The summed E-state index contributed by atoms with van der Waals surface area (Å²) < 4.78 is 5.51. The molecular weight excluding hydrogens is 394 g/mol. The molecule has 0 bridgehead atoms. The van der Waals surface area contributed by atoms with Gasteiger partial charge in [-0.05, 0) is 24.3 Å². The van der Waals surface area contributed by atoms with Crippen molar-refractivity contribution < 1.29 is 10.2 Å². The van der Waals surface area contributed by atoms with Crippen molar-refractivity contribution in [3.63, 3.8) is 0 Å². The average Bonchev–Trinajstić information content (AvgIpc) is 3.53. The molecule has 31 heavy (non-hydrogen) atoms. The van der Waals surface area contributed by atoms with Crippen LogP contribution >= 0.6 is 0 Å². The third-order valence-electron chi connectivity index (χ3n) is 6.32. The highest BCUT2D eigenvalue weighted by atomic mass is 16.3. The first-order chi connectivity index (χ1) is 14.9. The fourth-order valence-electron chi connectivity index (χ4n) is 4.58. The average molecular weight is 422 g/mol. The van der Waals surface area contributed by atoms with E-state index in [1.165, 1.54) is 12.8 Å². The summed E-state index contributed by atoms with van der Waals surface area (Å²) in [4.78, 5) is 4.92. The molecule has 0 aromatic carbocycles. The minimum atomic E-state index is -0.851. The van der Waals surface area contributed by atoms with Crippen molar-refractivity contribution >= 4 is 5.52 Å². The zero-order chi connectivity index (χ0) is 21.6. The number of hydrogen-bond acceptors (Lipinski definition) is 6. The van der Waals surface area contributed by atoms with Gasteiger partial charge in [0.1, 0.15) is 0 Å². The minimum Gasteiger partial charge on any atom is -0.394 e. The Balaban J connectivity index is 1.52. The lowest BCUT2D eigenvalue weighted by atomic mass is 9.87. The quantitative estimate of drug-likeness (QED) is 0.496. The Morgan fingerprint density at radius 1 is 1.13 bits per heavy atom. The third-order valence-corrected chi connectivity index (χ3v) is 6.32. The van der Waals surface area contributed by atoms with Gasteiger partial charge in [0, 0.05) is 23.5 Å². The monoisotopic (exact) mass is 421 g/mol. The molecular formula is C22H27N7O2. The van der Waals surface area contributed by atoms with Crippen LogP contribution in [0.1, 0.15) is 39.2 Å². The summed E-state index contributed by atoms with van der Waals surface area (Å²) in [7, 11) is 0. The van der Waals surface area contributed by atoms with Crippen LogP contribution in [0.5, 0.6) is 0 Å². The number of fused-ring (bicyclic) bond motifs is 1. The topological polar surface area (TPSA) is 106 Å². The Labute approximate surface area is 180 Å². The predicted octanol–water partition coefficient (Wildman–Crippen LogP) is 2.56. The number of aromatic nitrogens is 7. The molecule has 9 heteroatoms. The molecule has 2 atom stereocenters. The van der Waals surface area contributed by atoms with E-state index in [1.807, 2.05) is 29.2 Å². The second-order valence-electron chi connectivity index (χ2n) is 9.03. The highest BCUT2D eigenvalue weighted by Gasteiger charge is 2.36. The van der Waals surface area contributed by atoms with E-state index in [-0.39, 0.29) is 18.6 Å². The van der Waals surface area contributed by atoms with E-state index in [1.54, 1.807) is 17.1 Å². The molecule has 162 valence electrons. The van der Waals surface area contributed by atoms with E-state index in [2.05, 4.69) is 40.0 Å². The molecule has 0 saturated heterocycles. The fraction of sp³-hybridized carbons (Fsp3) is 0.455. The normalized spacial score (nSPS) is 19.3. The van der Waals surface area contributed by atoms with Gasteiger partial charge in [-0.25, -0.2) is 9.50 Å². The van der Waals surface area contributed by atoms with Crippen LogP contribution in [0.25, 0.3) is 28.0 Å². The minimum absolute atomic E-state index is 0.220. The molecule has 4 aromatic heterocycles. The maximum Gasteiger partial charge on any atom is 0.0999 e. The Morgan fingerprint density at radius 2 is 1.97 bits per heavy atom. The number of hydrogen-bond donors (Lipinski definition) is 2. The molecule has 0 radical (unpaired) electrons. The van der Waals surface area contributed by atoms with Gasteiger partial charge < -0.3 is 10.2 Å². The Morgan fingerprint density at radius 3 is 2.74 bits per heavy atom. The molecule has 0 unspecified atom stereocenters. The van der Waals surface area contributed by atoms with Crippen LogP contribution in [-0.2, 0) is 6.54 Å². The molecule has 0 aliphatic heterocycles. The van der Waals surface area contributed by atoms with Gasteiger partial charge in [-0.3, -0.25) is 9.36 Å². The molecule has 1 aliphatic carbocycles. The molecule has 1 aliphatic rings. The largest absolute Gasteiger partial charge is 0.394 e. The van der Waals surface area contributed by atoms with Gasteiger partial charge in [0.2, 0.25) is 0 Å². The maximum absolute atomic E-state index is 9.68. The molecule has 2 N–H and O–H groups in total. The van der Waals surface area contributed by atoms with Crippen molar-refractivity contribution in [2.75, 3.05) is 6.61 Å². The Kier molecular flexibility index (Phi) is 4.86. The summed E-state index contributed by atoms with van der Waals surface area (Å²) in [6, 6.07) is 2.34. The van der Waals surface area contributed by atoms with Crippen LogP contribution < -0.4 is 0 Å². The summed E-state index contributed by atoms with van der Waals surface area (Å²) in [5.74, 6) is 0. The van der Waals surface area contributed by atoms with Crippen molar-refractivity contribution in [1.82, 2.24) is 34.2 Å². The SMILES string of the molecule is CC1(C)CCC[C@H]1n1cc(-c2nc(-c3cnn(C[C@@H](O)CO)c3)cn3nccc23)cn1. The third kappa shape index (κ3) is 3.64. The summed E-state index contributed by atoms with van der Waals surface area (Å²) in [6.07, 6.45) is 13.8. The first kappa shape index (κ1) is 19.9. The van der Waals surface area contributed by atoms with Crippen LogP contribution in [0.3, 0.4) is 0 Å². The van der Waals surface area contributed by atoms with Crippen molar-refractivity contribution in [1.29, 1.82) is 0 Å². The summed E-state index contributed by atoms with van der Waals surface area (Å²) in [6.45, 7) is 4.53. The maximum atomic E-state index is 9.68. The zero-order valence-corrected chi connectivity index (χ0v) is 17.8. The number of rotatable bonds is 6. The van der Waals surface area contributed by atoms with Crippen molar-refractivity contribution in [2.24, 2.45) is 5.41 Å². The van der Waals surface area contributed by atoms with Crippen molar-refractivity contribution in [2.45, 2.75) is 51.8 Å². The Bertz CT molecular complexity index is 1210. The van der Waals surface area contributed by atoms with E-state index in [9.17, 15) is 5.11 Å². The summed E-state index contributed by atoms with van der Waals surface area (Å²) >= 11 is 0. The lowest BCUT2D eigenvalue weighted by Crippen LogP contribution is -2.21. The lowest BCUT2D eigenvalue weighted by Gasteiger charge is -2.27. The standard InChI is InChI=1S/C22H27N7O2/c1-22(2)6-3-4-20(22)29-11-16(9-25-29)21-19-5-7-23-28(19)13-18(26-21)15-8-24-27(10-15)12-17(31)14-30/h5,7-11,13,17,20,30-31H,3-4,6,12,14H2,1-2H3/t17-,20-/m1/s1. The highest BCUT2D eigenvalue weighted by Crippen LogP contribution is 2.45. The van der Waals surface area contributed by atoms with Crippen molar-refractivity contribution in [3.05, 3.63) is 43.2 Å². The molecule has 4 heterocycles. The molecule has 1 saturated carbocycles. The van der Waals surface area contributed by atoms with Crippen LogP contribution in [0, 0.1) is 5.41 Å². The van der Waals surface area contributed by atoms with Crippen LogP contribution in [0.4, 0.5) is 0 Å². The van der Waals surface area contributed by atoms with Crippen LogP contribution in [0.15, 0.2) is 43.2 Å². The molecule has 4 aromatic rings. The zero-order valence-electron chi connectivity index (χ0n) is 17.8. The second-order valence-corrected chi connectivity index (χ2v) is 9.03. The van der Waals surface area contributed by atoms with Gasteiger partial charge in [-0.2, -0.15) is 15.3 Å². The first-order valence-corrected chi connectivity index (χ1v) is 10.7. The van der Waals surface area contributed by atoms with E-state index in [0.717, 1.165) is 34.5 Å². The molecule has 0 spiro atoms. The van der Waals surface area contributed by atoms with E-state index in [0.29, 0.717) is 6.04 Å². The van der Waals surface area contributed by atoms with Gasteiger partial charge >= 0.3 is 0 Å². The van der Waals surface area contributed by atoms with Gasteiger partial charge in [-0.15, -0.1) is 0 Å². The van der Waals surface area contributed by atoms with Gasteiger partial charge in [-0.1, -0.05) is 20.3 Å². The summed E-state index contributed by atoms with van der Waals surface area (Å²) in [5.41, 5.74) is 4.46. The van der Waals surface area contributed by atoms with E-state index >= 15 is 0 Å². The van der Waals surface area contributed by atoms with Crippen molar-refractivity contribution in [3.8, 4) is 22.5 Å². The molecule has 9 nitrogen and oxygen atoms in total. The number of aliphatic hydroxyl groups is 2. The smallest absolute Gasteiger partial charge is 0.0999 e. The van der Waals surface area contributed by atoms with E-state index < -0.39 is 6.10 Å². The highest BCUT2D eigenvalue weighted by molar-refractivity contribution is 5.78.